The second kappa shape index (κ2) is 3.18. The van der Waals surface area contributed by atoms with E-state index in [4.69, 9.17) is 4.74 Å². The van der Waals surface area contributed by atoms with E-state index in [9.17, 15) is 4.79 Å². The molecule has 2 fully saturated rings. The molecule has 2 unspecified atom stereocenters. The molecule has 2 saturated heterocycles. The fraction of sp³-hybridized carbons (Fsp3) is 0.889. The van der Waals surface area contributed by atoms with Crippen molar-refractivity contribution in [1.82, 2.24) is 10.2 Å². The van der Waals surface area contributed by atoms with Crippen LogP contribution in [0.25, 0.3) is 0 Å². The smallest absolute Gasteiger partial charge is 0.410 e. The van der Waals surface area contributed by atoms with Crippen molar-refractivity contribution in [3.8, 4) is 0 Å². The van der Waals surface area contributed by atoms with Crippen LogP contribution < -0.4 is 5.32 Å². The van der Waals surface area contributed by atoms with Crippen molar-refractivity contribution >= 4 is 6.09 Å². The van der Waals surface area contributed by atoms with Crippen molar-refractivity contribution < 1.29 is 9.53 Å². The molecule has 74 valence electrons. The van der Waals surface area contributed by atoms with Crippen molar-refractivity contribution in [2.75, 3.05) is 13.1 Å². The van der Waals surface area contributed by atoms with Crippen molar-refractivity contribution in [2.45, 2.75) is 38.5 Å². The van der Waals surface area contributed by atoms with Gasteiger partial charge >= 0.3 is 6.09 Å². The highest BCUT2D eigenvalue weighted by Gasteiger charge is 2.43. The lowest BCUT2D eigenvalue weighted by molar-refractivity contribution is 0.117. The molecule has 2 aliphatic rings. The van der Waals surface area contributed by atoms with Crippen molar-refractivity contribution in [2.24, 2.45) is 0 Å². The van der Waals surface area contributed by atoms with Gasteiger partial charge in [-0.05, 0) is 26.8 Å². The molecule has 0 radical (unpaired) electrons. The molecule has 1 amide bonds. The lowest BCUT2D eigenvalue weighted by Crippen LogP contribution is -2.50. The Morgan fingerprint density at radius 3 is 3.08 bits per heavy atom. The van der Waals surface area contributed by atoms with Crippen LogP contribution in [0.4, 0.5) is 4.79 Å². The van der Waals surface area contributed by atoms with Gasteiger partial charge in [0.25, 0.3) is 0 Å². The highest BCUT2D eigenvalue weighted by atomic mass is 16.6. The number of hydrogen-bond acceptors (Lipinski definition) is 3. The lowest BCUT2D eigenvalue weighted by atomic mass is 10.0. The van der Waals surface area contributed by atoms with Gasteiger partial charge in [-0.15, -0.1) is 0 Å². The minimum absolute atomic E-state index is 0.121. The normalized spacial score (nSPS) is 33.5. The van der Waals surface area contributed by atoms with E-state index in [2.05, 4.69) is 5.32 Å². The number of carbonyl (C=O) groups is 1. The van der Waals surface area contributed by atoms with E-state index < -0.39 is 0 Å². The highest BCUT2D eigenvalue weighted by Crippen LogP contribution is 2.25. The van der Waals surface area contributed by atoms with E-state index >= 15 is 0 Å². The van der Waals surface area contributed by atoms with Crippen LogP contribution in [0.1, 0.15) is 20.3 Å². The molecule has 4 nitrogen and oxygen atoms in total. The Morgan fingerprint density at radius 1 is 1.62 bits per heavy atom. The highest BCUT2D eigenvalue weighted by molar-refractivity contribution is 5.71. The topological polar surface area (TPSA) is 41.6 Å². The van der Waals surface area contributed by atoms with Crippen LogP contribution in [0, 0.1) is 0 Å². The summed E-state index contributed by atoms with van der Waals surface area (Å²) in [4.78, 5) is 13.3. The Morgan fingerprint density at radius 2 is 2.38 bits per heavy atom. The van der Waals surface area contributed by atoms with Crippen LogP contribution in [-0.4, -0.2) is 42.3 Å². The Bertz CT molecular complexity index is 218. The van der Waals surface area contributed by atoms with E-state index in [1.165, 1.54) is 0 Å². The first kappa shape index (κ1) is 8.81. The summed E-state index contributed by atoms with van der Waals surface area (Å²) in [6.45, 7) is 5.88. The molecule has 0 aromatic rings. The molecular formula is C9H16N2O2. The van der Waals surface area contributed by atoms with Gasteiger partial charge in [-0.25, -0.2) is 4.79 Å². The molecule has 0 saturated carbocycles. The van der Waals surface area contributed by atoms with Crippen molar-refractivity contribution in [1.29, 1.82) is 0 Å². The Kier molecular flexibility index (Phi) is 2.15. The third-order valence-corrected chi connectivity index (χ3v) is 2.76. The van der Waals surface area contributed by atoms with Crippen molar-refractivity contribution in [3.63, 3.8) is 0 Å². The maximum absolute atomic E-state index is 11.5. The summed E-state index contributed by atoms with van der Waals surface area (Å²) in [7, 11) is 0. The maximum atomic E-state index is 11.5. The second-order valence-corrected chi connectivity index (χ2v) is 3.98. The van der Waals surface area contributed by atoms with Crippen molar-refractivity contribution in [3.05, 3.63) is 0 Å². The number of hydrogen-bond donors (Lipinski definition) is 1. The number of ether oxygens (including phenoxy) is 1. The molecule has 2 rings (SSSR count). The molecule has 0 aliphatic carbocycles. The number of fused-ring (bicyclic) bond motifs is 1. The van der Waals surface area contributed by atoms with Gasteiger partial charge in [-0.3, -0.25) is 4.90 Å². The molecule has 0 aromatic heterocycles. The predicted octanol–water partition coefficient (Wildman–Crippen LogP) is 0.577. The standard InChI is InChI=1S/C9H16N2O2/c1-6(2)11-7-5-10-4-3-8(7)13-9(11)12/h6-8,10H,3-5H2,1-2H3. The molecular weight excluding hydrogens is 168 g/mol. The van der Waals surface area contributed by atoms with Crippen LogP contribution in [0.3, 0.4) is 0 Å². The summed E-state index contributed by atoms with van der Waals surface area (Å²) in [6.07, 6.45) is 0.921. The van der Waals surface area contributed by atoms with Gasteiger partial charge in [0.1, 0.15) is 6.10 Å². The third-order valence-electron chi connectivity index (χ3n) is 2.76. The zero-order valence-electron chi connectivity index (χ0n) is 8.12. The van der Waals surface area contributed by atoms with E-state index in [0.717, 1.165) is 19.5 Å². The van der Waals surface area contributed by atoms with Gasteiger partial charge in [0, 0.05) is 12.6 Å². The summed E-state index contributed by atoms with van der Waals surface area (Å²) >= 11 is 0. The quantitative estimate of drug-likeness (QED) is 0.648. The second-order valence-electron chi connectivity index (χ2n) is 3.98. The molecule has 2 aliphatic heterocycles. The summed E-state index contributed by atoms with van der Waals surface area (Å²) in [6, 6.07) is 0.489. The Balaban J connectivity index is 2.13. The zero-order valence-corrected chi connectivity index (χ0v) is 8.12. The number of rotatable bonds is 1. The first-order chi connectivity index (χ1) is 6.20. The molecule has 2 atom stereocenters. The molecule has 1 N–H and O–H groups in total. The molecule has 0 bridgehead atoms. The lowest BCUT2D eigenvalue weighted by Gasteiger charge is -2.30. The van der Waals surface area contributed by atoms with Gasteiger partial charge in [-0.2, -0.15) is 0 Å². The molecule has 0 spiro atoms. The van der Waals surface area contributed by atoms with E-state index in [0.29, 0.717) is 0 Å². The third kappa shape index (κ3) is 1.39. The largest absolute Gasteiger partial charge is 0.444 e. The number of piperidine rings is 1. The van der Waals surface area contributed by atoms with E-state index in [-0.39, 0.29) is 24.3 Å². The first-order valence-corrected chi connectivity index (χ1v) is 4.90. The zero-order chi connectivity index (χ0) is 9.42. The summed E-state index contributed by atoms with van der Waals surface area (Å²) < 4.78 is 5.29. The Hall–Kier alpha value is -0.770. The van der Waals surface area contributed by atoms with Gasteiger partial charge in [-0.1, -0.05) is 0 Å². The molecule has 0 aromatic carbocycles. The predicted molar refractivity (Wildman–Crippen MR) is 48.5 cm³/mol. The molecule has 4 heteroatoms. The van der Waals surface area contributed by atoms with Gasteiger partial charge in [0.2, 0.25) is 0 Å². The fourth-order valence-corrected chi connectivity index (χ4v) is 2.15. The number of nitrogens with one attached hydrogen (secondary N) is 1. The van der Waals surface area contributed by atoms with Crippen LogP contribution in [0.2, 0.25) is 0 Å². The SMILES string of the molecule is CC(C)N1C(=O)OC2CCNCC21. The minimum Gasteiger partial charge on any atom is -0.444 e. The maximum Gasteiger partial charge on any atom is 0.410 e. The molecule has 13 heavy (non-hydrogen) atoms. The summed E-state index contributed by atoms with van der Waals surface area (Å²) in [5.74, 6) is 0. The first-order valence-electron chi connectivity index (χ1n) is 4.90. The average molecular weight is 184 g/mol. The van der Waals surface area contributed by atoms with E-state index in [1.54, 1.807) is 0 Å². The number of nitrogens with zero attached hydrogens (tertiary/aromatic N) is 1. The van der Waals surface area contributed by atoms with Crippen LogP contribution in [0.5, 0.6) is 0 Å². The van der Waals surface area contributed by atoms with Crippen LogP contribution in [-0.2, 0) is 4.74 Å². The summed E-state index contributed by atoms with van der Waals surface area (Å²) in [5.41, 5.74) is 0. The monoisotopic (exact) mass is 184 g/mol. The van der Waals surface area contributed by atoms with Gasteiger partial charge in [0.05, 0.1) is 6.04 Å². The van der Waals surface area contributed by atoms with Crippen LogP contribution in [0.15, 0.2) is 0 Å². The average Bonchev–Trinajstić information content (AvgIpc) is 2.39. The van der Waals surface area contributed by atoms with Crippen LogP contribution >= 0.6 is 0 Å². The number of carbonyl (C=O) groups excluding carboxylic acids is 1. The van der Waals surface area contributed by atoms with Gasteiger partial charge in [0.15, 0.2) is 0 Å². The summed E-state index contributed by atoms with van der Waals surface area (Å²) in [5, 5.41) is 3.29. The molecule has 2 heterocycles. The fourth-order valence-electron chi connectivity index (χ4n) is 2.15. The minimum atomic E-state index is -0.145. The van der Waals surface area contributed by atoms with E-state index in [1.807, 2.05) is 18.7 Å². The van der Waals surface area contributed by atoms with Gasteiger partial charge < -0.3 is 10.1 Å². The Labute approximate surface area is 78.2 Å². The number of amides is 1.